The number of nitrogens with zero attached hydrogens (tertiary/aromatic N) is 5. The number of nitriles is 1. The first-order chi connectivity index (χ1) is 16.7. The Bertz CT molecular complexity index is 1590. The molecular weight excluding hydrogens is 540 g/mol. The number of nitrogens with two attached hydrogens (primary N) is 1. The van der Waals surface area contributed by atoms with Gasteiger partial charge in [0.05, 0.1) is 20.5 Å². The van der Waals surface area contributed by atoms with Crippen LogP contribution < -0.4 is 5.73 Å². The number of fused-ring (bicyclic) bond motifs is 1. The molecule has 0 aliphatic rings. The zero-order valence-corrected chi connectivity index (χ0v) is 20.4. The van der Waals surface area contributed by atoms with E-state index in [9.17, 15) is 18.4 Å². The van der Waals surface area contributed by atoms with Crippen molar-refractivity contribution >= 4 is 57.1 Å². The monoisotopic (exact) mass is 550 g/mol. The minimum absolute atomic E-state index is 0.000648. The van der Waals surface area contributed by atoms with Crippen molar-refractivity contribution in [3.05, 3.63) is 75.3 Å². The molecule has 0 spiro atoms. The maximum Gasteiger partial charge on any atom is 0.416 e. The third-order valence-electron chi connectivity index (χ3n) is 5.00. The summed E-state index contributed by atoms with van der Waals surface area (Å²) in [5.41, 5.74) is 6.80. The fraction of sp³-hybridized carbons (Fsp3) is 0.0455. The van der Waals surface area contributed by atoms with Crippen molar-refractivity contribution in [3.63, 3.8) is 0 Å². The van der Waals surface area contributed by atoms with E-state index in [4.69, 9.17) is 33.9 Å². The zero-order chi connectivity index (χ0) is 24.9. The Hall–Kier alpha value is -3.17. The number of hydrogen-bond acceptors (Lipinski definition) is 6. The Morgan fingerprint density at radius 3 is 2.43 bits per heavy atom. The van der Waals surface area contributed by atoms with Crippen LogP contribution in [0.1, 0.15) is 11.3 Å². The first-order valence-electron chi connectivity index (χ1n) is 9.73. The summed E-state index contributed by atoms with van der Waals surface area (Å²) in [5, 5.41) is 15.9. The van der Waals surface area contributed by atoms with E-state index in [1.165, 1.54) is 23.1 Å². The Morgan fingerprint density at radius 2 is 1.80 bits per heavy atom. The summed E-state index contributed by atoms with van der Waals surface area (Å²) < 4.78 is 42.4. The number of rotatable bonds is 4. The summed E-state index contributed by atoms with van der Waals surface area (Å²) >= 11 is 14.9. The maximum atomic E-state index is 13.2. The van der Waals surface area contributed by atoms with E-state index in [-0.39, 0.29) is 27.2 Å². The second-order valence-electron chi connectivity index (χ2n) is 7.16. The Labute approximate surface area is 214 Å². The van der Waals surface area contributed by atoms with Crippen LogP contribution >= 0.6 is 46.3 Å². The average molecular weight is 551 g/mol. The summed E-state index contributed by atoms with van der Waals surface area (Å²) in [6, 6.07) is 13.0. The Kier molecular flexibility index (Phi) is 5.93. The molecule has 0 amide bonds. The lowest BCUT2D eigenvalue weighted by Gasteiger charge is -2.13. The standard InChI is InChI=1S/C22H11Cl2F3N6S2/c23-13-8-12(22(25,26)27)9-14(24)17(13)33-19(29)18(15(10-28)31-33)35-20-16(11-4-2-1-3-5-11)30-21-32(20)6-7-34-21/h1-9H,29H2. The van der Waals surface area contributed by atoms with Crippen LogP contribution in [0.25, 0.3) is 21.9 Å². The molecule has 6 nitrogen and oxygen atoms in total. The number of hydrogen-bond donors (Lipinski definition) is 1. The Balaban J connectivity index is 1.65. The van der Waals surface area contributed by atoms with Gasteiger partial charge in [0.2, 0.25) is 0 Å². The summed E-state index contributed by atoms with van der Waals surface area (Å²) in [7, 11) is 0. The molecule has 0 fully saturated rings. The molecule has 3 heterocycles. The van der Waals surface area contributed by atoms with Crippen molar-refractivity contribution < 1.29 is 13.2 Å². The minimum Gasteiger partial charge on any atom is -0.383 e. The van der Waals surface area contributed by atoms with Gasteiger partial charge < -0.3 is 5.73 Å². The Morgan fingerprint density at radius 1 is 1.11 bits per heavy atom. The van der Waals surface area contributed by atoms with Crippen LogP contribution in [-0.4, -0.2) is 19.2 Å². The molecule has 2 N–H and O–H groups in total. The van der Waals surface area contributed by atoms with Gasteiger partial charge >= 0.3 is 6.18 Å². The molecule has 35 heavy (non-hydrogen) atoms. The number of benzene rings is 2. The molecule has 0 radical (unpaired) electrons. The van der Waals surface area contributed by atoms with Crippen LogP contribution in [0.15, 0.2) is 64.0 Å². The number of anilines is 1. The zero-order valence-electron chi connectivity index (χ0n) is 17.2. The summed E-state index contributed by atoms with van der Waals surface area (Å²) in [6.45, 7) is 0. The van der Waals surface area contributed by atoms with Gasteiger partial charge in [-0.3, -0.25) is 4.40 Å². The van der Waals surface area contributed by atoms with Crippen LogP contribution in [0.4, 0.5) is 19.0 Å². The molecule has 0 aliphatic carbocycles. The van der Waals surface area contributed by atoms with Gasteiger partial charge in [0.25, 0.3) is 0 Å². The van der Waals surface area contributed by atoms with Gasteiger partial charge in [0.1, 0.15) is 28.3 Å². The molecule has 2 aromatic carbocycles. The first kappa shape index (κ1) is 23.6. The second kappa shape index (κ2) is 8.80. The molecule has 13 heteroatoms. The van der Waals surface area contributed by atoms with Crippen molar-refractivity contribution in [2.45, 2.75) is 16.1 Å². The van der Waals surface area contributed by atoms with Gasteiger partial charge in [-0.05, 0) is 12.1 Å². The van der Waals surface area contributed by atoms with E-state index >= 15 is 0 Å². The lowest BCUT2D eigenvalue weighted by molar-refractivity contribution is -0.137. The van der Waals surface area contributed by atoms with E-state index in [2.05, 4.69) is 5.10 Å². The molecule has 176 valence electrons. The molecular formula is C22H11Cl2F3N6S2. The number of thiazole rings is 1. The highest BCUT2D eigenvalue weighted by Crippen LogP contribution is 2.44. The van der Waals surface area contributed by atoms with Crippen molar-refractivity contribution in [2.75, 3.05) is 5.73 Å². The molecule has 0 bridgehead atoms. The number of nitrogen functional groups attached to an aromatic ring is 1. The van der Waals surface area contributed by atoms with Gasteiger partial charge in [-0.2, -0.15) is 23.5 Å². The fourth-order valence-electron chi connectivity index (χ4n) is 3.44. The smallest absolute Gasteiger partial charge is 0.383 e. The van der Waals surface area contributed by atoms with Crippen molar-refractivity contribution in [1.82, 2.24) is 19.2 Å². The average Bonchev–Trinajstić information content (AvgIpc) is 3.49. The van der Waals surface area contributed by atoms with Gasteiger partial charge in [-0.25, -0.2) is 9.67 Å². The largest absolute Gasteiger partial charge is 0.416 e. The quantitative estimate of drug-likeness (QED) is 0.256. The van der Waals surface area contributed by atoms with E-state index in [0.29, 0.717) is 15.6 Å². The predicted octanol–water partition coefficient (Wildman–Crippen LogP) is 7.18. The third-order valence-corrected chi connectivity index (χ3v) is 7.52. The molecule has 5 rings (SSSR count). The van der Waals surface area contributed by atoms with Gasteiger partial charge in [-0.15, -0.1) is 11.3 Å². The van der Waals surface area contributed by atoms with E-state index in [0.717, 1.165) is 27.3 Å². The lowest BCUT2D eigenvalue weighted by Crippen LogP contribution is -2.08. The number of alkyl halides is 3. The van der Waals surface area contributed by atoms with Crippen LogP contribution in [0.5, 0.6) is 0 Å². The van der Waals surface area contributed by atoms with Crippen LogP contribution in [0.3, 0.4) is 0 Å². The highest BCUT2D eigenvalue weighted by molar-refractivity contribution is 7.99. The number of halogens is 5. The third kappa shape index (κ3) is 4.12. The van der Waals surface area contributed by atoms with Crippen LogP contribution in [0.2, 0.25) is 10.0 Å². The van der Waals surface area contributed by atoms with Crippen LogP contribution in [-0.2, 0) is 6.18 Å². The highest BCUT2D eigenvalue weighted by atomic mass is 35.5. The summed E-state index contributed by atoms with van der Waals surface area (Å²) in [6.07, 6.45) is -2.79. The predicted molar refractivity (Wildman–Crippen MR) is 130 cm³/mol. The van der Waals surface area contributed by atoms with Crippen LogP contribution in [0, 0.1) is 11.3 Å². The van der Waals surface area contributed by atoms with Gasteiger partial charge in [0, 0.05) is 17.1 Å². The minimum atomic E-state index is -4.64. The molecule has 3 aromatic heterocycles. The molecule has 5 aromatic rings. The summed E-state index contributed by atoms with van der Waals surface area (Å²) in [5.74, 6) is -0.000648. The fourth-order valence-corrected chi connectivity index (χ4v) is 5.93. The first-order valence-corrected chi connectivity index (χ1v) is 12.2. The van der Waals surface area contributed by atoms with E-state index in [1.807, 2.05) is 52.4 Å². The van der Waals surface area contributed by atoms with E-state index < -0.39 is 11.7 Å². The maximum absolute atomic E-state index is 13.2. The van der Waals surface area contributed by atoms with Gasteiger partial charge in [0.15, 0.2) is 10.7 Å². The topological polar surface area (TPSA) is 84.9 Å². The lowest BCUT2D eigenvalue weighted by atomic mass is 10.2. The SMILES string of the molecule is N#Cc1nn(-c2c(Cl)cc(C(F)(F)F)cc2Cl)c(N)c1Sc1c(-c2ccccc2)nc2sccn12. The summed E-state index contributed by atoms with van der Waals surface area (Å²) in [4.78, 5) is 5.75. The van der Waals surface area contributed by atoms with Gasteiger partial charge in [-0.1, -0.05) is 65.3 Å². The van der Waals surface area contributed by atoms with Crippen molar-refractivity contribution in [2.24, 2.45) is 0 Å². The van der Waals surface area contributed by atoms with Crippen molar-refractivity contribution in [1.29, 1.82) is 5.26 Å². The van der Waals surface area contributed by atoms with E-state index in [1.54, 1.807) is 0 Å². The second-order valence-corrected chi connectivity index (χ2v) is 9.85. The molecule has 0 atom stereocenters. The molecule has 0 saturated carbocycles. The normalized spacial score (nSPS) is 11.8. The molecule has 0 unspecified atom stereocenters. The molecule has 0 aliphatic heterocycles. The molecule has 0 saturated heterocycles. The number of imidazole rings is 1. The highest BCUT2D eigenvalue weighted by Gasteiger charge is 2.33. The van der Waals surface area contributed by atoms with Crippen molar-refractivity contribution in [3.8, 4) is 23.0 Å². The number of aromatic nitrogens is 4.